The molecular weight excluding hydrogens is 437 g/mol. The topological polar surface area (TPSA) is 62.3 Å². The van der Waals surface area contributed by atoms with E-state index in [1.54, 1.807) is 36.7 Å². The van der Waals surface area contributed by atoms with E-state index in [4.69, 9.17) is 0 Å². The predicted octanol–water partition coefficient (Wildman–Crippen LogP) is 4.38. The summed E-state index contributed by atoms with van der Waals surface area (Å²) in [4.78, 5) is 31.4. The maximum Gasteiger partial charge on any atom is 0.278 e. The molecule has 1 aliphatic rings. The van der Waals surface area contributed by atoms with Gasteiger partial charge in [-0.15, -0.1) is 0 Å². The minimum Gasteiger partial charge on any atom is -0.350 e. The van der Waals surface area contributed by atoms with Crippen molar-refractivity contribution in [1.29, 1.82) is 0 Å². The zero-order valence-corrected chi connectivity index (χ0v) is 16.7. The number of aromatic nitrogens is 1. The first kappa shape index (κ1) is 19.0. The molecule has 0 saturated heterocycles. The van der Waals surface area contributed by atoms with Crippen LogP contribution in [0.2, 0.25) is 0 Å². The summed E-state index contributed by atoms with van der Waals surface area (Å²) < 4.78 is 14.2. The fourth-order valence-corrected chi connectivity index (χ4v) is 3.50. The lowest BCUT2D eigenvalue weighted by Crippen LogP contribution is -2.32. The van der Waals surface area contributed by atoms with Gasteiger partial charge in [-0.3, -0.25) is 19.5 Å². The zero-order valence-electron chi connectivity index (χ0n) is 15.1. The molecule has 0 fully saturated rings. The largest absolute Gasteiger partial charge is 0.350 e. The van der Waals surface area contributed by atoms with Crippen molar-refractivity contribution in [3.63, 3.8) is 0 Å². The van der Waals surface area contributed by atoms with E-state index in [1.165, 1.54) is 29.2 Å². The van der Waals surface area contributed by atoms with Gasteiger partial charge in [0.15, 0.2) is 0 Å². The van der Waals surface area contributed by atoms with Crippen LogP contribution in [0.15, 0.2) is 83.2 Å². The smallest absolute Gasteiger partial charge is 0.278 e. The molecule has 3 aromatic rings. The molecule has 29 heavy (non-hydrogen) atoms. The molecule has 144 valence electrons. The van der Waals surface area contributed by atoms with Crippen LogP contribution in [0.5, 0.6) is 0 Å². The van der Waals surface area contributed by atoms with Crippen molar-refractivity contribution in [2.45, 2.75) is 6.54 Å². The Labute approximate surface area is 175 Å². The molecule has 4 rings (SSSR count). The Morgan fingerprint density at radius 2 is 1.69 bits per heavy atom. The Hall–Kier alpha value is -3.32. The van der Waals surface area contributed by atoms with E-state index >= 15 is 0 Å². The molecule has 7 heteroatoms. The lowest BCUT2D eigenvalue weighted by Gasteiger charge is -2.15. The number of halogens is 2. The van der Waals surface area contributed by atoms with Gasteiger partial charge in [-0.25, -0.2) is 4.39 Å². The second kappa shape index (κ2) is 7.97. The summed E-state index contributed by atoms with van der Waals surface area (Å²) in [6, 6.07) is 16.3. The summed E-state index contributed by atoms with van der Waals surface area (Å²) in [7, 11) is 0. The van der Waals surface area contributed by atoms with Crippen molar-refractivity contribution in [2.24, 2.45) is 0 Å². The summed E-state index contributed by atoms with van der Waals surface area (Å²) in [5.74, 6) is -1.29. The van der Waals surface area contributed by atoms with Crippen LogP contribution >= 0.6 is 15.9 Å². The van der Waals surface area contributed by atoms with Gasteiger partial charge < -0.3 is 5.32 Å². The Kier molecular flexibility index (Phi) is 5.22. The third-order valence-electron chi connectivity index (χ3n) is 4.48. The summed E-state index contributed by atoms with van der Waals surface area (Å²) in [5.41, 5.74) is 2.28. The quantitative estimate of drug-likeness (QED) is 0.584. The first-order valence-corrected chi connectivity index (χ1v) is 9.60. The molecule has 0 saturated carbocycles. The number of nitrogens with zero attached hydrogens (tertiary/aromatic N) is 2. The lowest BCUT2D eigenvalue weighted by atomic mass is 10.0. The normalized spacial score (nSPS) is 13.9. The van der Waals surface area contributed by atoms with Crippen LogP contribution < -0.4 is 5.32 Å². The second-order valence-corrected chi connectivity index (χ2v) is 7.36. The maximum atomic E-state index is 13.4. The molecular formula is C22H15BrFN3O2. The maximum absolute atomic E-state index is 13.4. The standard InChI is InChI=1S/C22H15BrFN3O2/c23-16-2-1-3-18(12-16)26-20-19(15-4-6-17(24)7-5-15)21(28)27(22(20)29)13-14-8-10-25-11-9-14/h1-12,26H,13H2. The van der Waals surface area contributed by atoms with Crippen LogP contribution in [0.3, 0.4) is 0 Å². The number of hydrogen-bond acceptors (Lipinski definition) is 4. The number of nitrogens with one attached hydrogen (secondary N) is 1. The predicted molar refractivity (Wildman–Crippen MR) is 111 cm³/mol. The first-order chi connectivity index (χ1) is 14.0. The monoisotopic (exact) mass is 451 g/mol. The highest BCUT2D eigenvalue weighted by Gasteiger charge is 2.39. The minimum atomic E-state index is -0.439. The minimum absolute atomic E-state index is 0.120. The Balaban J connectivity index is 1.75. The van der Waals surface area contributed by atoms with Gasteiger partial charge in [-0.2, -0.15) is 0 Å². The fraction of sp³-hybridized carbons (Fsp3) is 0.0455. The third kappa shape index (κ3) is 3.95. The van der Waals surface area contributed by atoms with Crippen molar-refractivity contribution >= 4 is 39.0 Å². The van der Waals surface area contributed by atoms with E-state index < -0.39 is 17.6 Å². The van der Waals surface area contributed by atoms with Gasteiger partial charge in [0.2, 0.25) is 0 Å². The molecule has 0 bridgehead atoms. The van der Waals surface area contributed by atoms with Crippen LogP contribution in [0.4, 0.5) is 10.1 Å². The Morgan fingerprint density at radius 3 is 2.38 bits per heavy atom. The molecule has 1 N–H and O–H groups in total. The Morgan fingerprint density at radius 1 is 0.966 bits per heavy atom. The van der Waals surface area contributed by atoms with Gasteiger partial charge in [-0.1, -0.05) is 34.1 Å². The molecule has 5 nitrogen and oxygen atoms in total. The molecule has 0 atom stereocenters. The molecule has 0 radical (unpaired) electrons. The summed E-state index contributed by atoms with van der Waals surface area (Å²) >= 11 is 3.40. The van der Waals surface area contributed by atoms with Gasteiger partial charge >= 0.3 is 0 Å². The number of rotatable bonds is 5. The molecule has 2 heterocycles. The van der Waals surface area contributed by atoms with E-state index in [0.717, 1.165) is 10.0 Å². The van der Waals surface area contributed by atoms with Gasteiger partial charge in [0.05, 0.1) is 12.1 Å². The van der Waals surface area contributed by atoms with Crippen molar-refractivity contribution < 1.29 is 14.0 Å². The van der Waals surface area contributed by atoms with Gasteiger partial charge in [0, 0.05) is 22.6 Å². The van der Waals surface area contributed by atoms with Crippen molar-refractivity contribution in [3.05, 3.63) is 100 Å². The van der Waals surface area contributed by atoms with Crippen LogP contribution in [0, 0.1) is 5.82 Å². The van der Waals surface area contributed by atoms with Crippen molar-refractivity contribution in [1.82, 2.24) is 9.88 Å². The first-order valence-electron chi connectivity index (χ1n) is 8.81. The van der Waals surface area contributed by atoms with Crippen LogP contribution in [-0.2, 0) is 16.1 Å². The van der Waals surface area contributed by atoms with Gasteiger partial charge in [0.25, 0.3) is 11.8 Å². The van der Waals surface area contributed by atoms with Crippen LogP contribution in [-0.4, -0.2) is 21.7 Å². The number of benzene rings is 2. The Bertz CT molecular complexity index is 1110. The number of pyridine rings is 1. The highest BCUT2D eigenvalue weighted by Crippen LogP contribution is 2.32. The number of carbonyl (C=O) groups is 2. The van der Waals surface area contributed by atoms with Crippen molar-refractivity contribution in [3.8, 4) is 0 Å². The average Bonchev–Trinajstić information content (AvgIpc) is 2.94. The second-order valence-electron chi connectivity index (χ2n) is 6.44. The lowest BCUT2D eigenvalue weighted by molar-refractivity contribution is -0.137. The summed E-state index contributed by atoms with van der Waals surface area (Å²) in [6.07, 6.45) is 3.21. The number of anilines is 1. The SMILES string of the molecule is O=C1C(Nc2cccc(Br)c2)=C(c2ccc(F)cc2)C(=O)N1Cc1ccncc1. The number of hydrogen-bond donors (Lipinski definition) is 1. The molecule has 2 amide bonds. The molecule has 1 aromatic heterocycles. The highest BCUT2D eigenvalue weighted by molar-refractivity contribution is 9.10. The van der Waals surface area contributed by atoms with Crippen LogP contribution in [0.25, 0.3) is 5.57 Å². The average molecular weight is 452 g/mol. The summed E-state index contributed by atoms with van der Waals surface area (Å²) in [5, 5.41) is 3.07. The zero-order chi connectivity index (χ0) is 20.4. The number of amides is 2. The van der Waals surface area contributed by atoms with Crippen LogP contribution in [0.1, 0.15) is 11.1 Å². The van der Waals surface area contributed by atoms with E-state index in [2.05, 4.69) is 26.2 Å². The van der Waals surface area contributed by atoms with E-state index in [1.807, 2.05) is 12.1 Å². The van der Waals surface area contributed by atoms with Gasteiger partial charge in [-0.05, 0) is 53.6 Å². The summed E-state index contributed by atoms with van der Waals surface area (Å²) in [6.45, 7) is 0.120. The molecule has 1 aliphatic heterocycles. The van der Waals surface area contributed by atoms with E-state index in [9.17, 15) is 14.0 Å². The van der Waals surface area contributed by atoms with E-state index in [-0.39, 0.29) is 17.8 Å². The fourth-order valence-electron chi connectivity index (χ4n) is 3.10. The number of carbonyl (C=O) groups excluding carboxylic acids is 2. The molecule has 0 aliphatic carbocycles. The molecule has 0 spiro atoms. The van der Waals surface area contributed by atoms with E-state index in [0.29, 0.717) is 11.3 Å². The molecule has 0 unspecified atom stereocenters. The van der Waals surface area contributed by atoms with Gasteiger partial charge in [0.1, 0.15) is 11.5 Å². The number of imide groups is 1. The third-order valence-corrected chi connectivity index (χ3v) is 4.98. The highest BCUT2D eigenvalue weighted by atomic mass is 79.9. The van der Waals surface area contributed by atoms with Crippen molar-refractivity contribution in [2.75, 3.05) is 5.32 Å². The molecule has 2 aromatic carbocycles.